The van der Waals surface area contributed by atoms with E-state index in [1.165, 1.54) is 53.9 Å². The van der Waals surface area contributed by atoms with Crippen LogP contribution < -0.4 is 15.8 Å². The maximum Gasteiger partial charge on any atom is 0.0485 e. The van der Waals surface area contributed by atoms with E-state index >= 15 is 0 Å². The van der Waals surface area contributed by atoms with E-state index in [0.29, 0.717) is 0 Å². The smallest absolute Gasteiger partial charge is 0.0485 e. The standard InChI is InChI=1S/C16H22N/c1-3-4-5-6-7-12-16-15-11-9-8-10-14(15)13(2)17-16/h8-11H,3-7,12H2,1-2H3. The molecule has 0 amide bonds. The number of hydrogen-bond donors (Lipinski definition) is 0. The highest BCUT2D eigenvalue weighted by Crippen LogP contribution is 2.13. The van der Waals surface area contributed by atoms with Crippen molar-refractivity contribution in [1.82, 2.24) is 5.32 Å². The first-order valence-corrected chi connectivity index (χ1v) is 6.84. The van der Waals surface area contributed by atoms with Gasteiger partial charge in [0.05, 0.1) is 0 Å². The van der Waals surface area contributed by atoms with Crippen molar-refractivity contribution in [2.75, 3.05) is 0 Å². The van der Waals surface area contributed by atoms with Gasteiger partial charge in [-0.2, -0.15) is 0 Å². The van der Waals surface area contributed by atoms with Gasteiger partial charge in [-0.05, 0) is 19.8 Å². The Morgan fingerprint density at radius 1 is 0.941 bits per heavy atom. The summed E-state index contributed by atoms with van der Waals surface area (Å²) in [5.41, 5.74) is 2.48. The van der Waals surface area contributed by atoms with E-state index in [-0.39, 0.29) is 0 Å². The van der Waals surface area contributed by atoms with Gasteiger partial charge in [0.15, 0.2) is 0 Å². The Kier molecular flexibility index (Phi) is 4.24. The molecule has 0 unspecified atom stereocenters. The molecule has 1 aromatic carbocycles. The van der Waals surface area contributed by atoms with Gasteiger partial charge in [-0.15, -0.1) is 0 Å². The number of hydrogen-bond acceptors (Lipinski definition) is 0. The summed E-state index contributed by atoms with van der Waals surface area (Å²) in [7, 11) is 0. The van der Waals surface area contributed by atoms with Crippen LogP contribution in [0, 0.1) is 0 Å². The van der Waals surface area contributed by atoms with Crippen LogP contribution in [-0.2, 0) is 0 Å². The van der Waals surface area contributed by atoms with Crippen LogP contribution in [0.25, 0.3) is 11.4 Å². The quantitative estimate of drug-likeness (QED) is 0.665. The Morgan fingerprint density at radius 2 is 1.65 bits per heavy atom. The third-order valence-corrected chi connectivity index (χ3v) is 3.45. The van der Waals surface area contributed by atoms with E-state index in [0.717, 1.165) is 6.42 Å². The van der Waals surface area contributed by atoms with Gasteiger partial charge in [0.2, 0.25) is 0 Å². The number of fused-ring (bicyclic) bond motifs is 1. The van der Waals surface area contributed by atoms with Crippen LogP contribution >= 0.6 is 0 Å². The highest BCUT2D eigenvalue weighted by molar-refractivity contribution is 5.62. The molecule has 0 aliphatic carbocycles. The molecular formula is C16H22N. The fourth-order valence-electron chi connectivity index (χ4n) is 2.46. The van der Waals surface area contributed by atoms with E-state index in [1.54, 1.807) is 0 Å². The molecule has 0 fully saturated rings. The topological polar surface area (TPSA) is 14.1 Å². The van der Waals surface area contributed by atoms with Crippen molar-refractivity contribution in [3.63, 3.8) is 0 Å². The average Bonchev–Trinajstić information content (AvgIpc) is 2.67. The maximum atomic E-state index is 4.71. The average molecular weight is 228 g/mol. The van der Waals surface area contributed by atoms with Gasteiger partial charge in [-0.3, -0.25) is 5.32 Å². The number of benzene rings is 1. The van der Waals surface area contributed by atoms with Crippen molar-refractivity contribution in [2.45, 2.75) is 52.4 Å². The fraction of sp³-hybridized carbons (Fsp3) is 0.500. The molecule has 1 heteroatoms. The predicted octanol–water partition coefficient (Wildman–Crippen LogP) is 2.90. The number of nitrogens with zero attached hydrogens (tertiary/aromatic N) is 1. The van der Waals surface area contributed by atoms with Crippen molar-refractivity contribution in [2.24, 2.45) is 0 Å². The molecule has 0 atom stereocenters. The van der Waals surface area contributed by atoms with Gasteiger partial charge < -0.3 is 0 Å². The van der Waals surface area contributed by atoms with Gasteiger partial charge in [0, 0.05) is 21.8 Å². The predicted molar refractivity (Wildman–Crippen MR) is 73.7 cm³/mol. The summed E-state index contributed by atoms with van der Waals surface area (Å²) in [5, 5.41) is 7.40. The molecule has 1 aromatic rings. The molecule has 0 spiro atoms. The number of rotatable bonds is 6. The zero-order valence-corrected chi connectivity index (χ0v) is 11.0. The highest BCUT2D eigenvalue weighted by atomic mass is 14.9. The van der Waals surface area contributed by atoms with E-state index in [4.69, 9.17) is 5.32 Å². The first kappa shape index (κ1) is 12.2. The molecule has 2 rings (SSSR count). The first-order valence-electron chi connectivity index (χ1n) is 6.84. The largest absolute Gasteiger partial charge is 0.257 e. The minimum Gasteiger partial charge on any atom is -0.257 e. The van der Waals surface area contributed by atoms with E-state index < -0.39 is 0 Å². The summed E-state index contributed by atoms with van der Waals surface area (Å²) in [6.45, 7) is 4.37. The van der Waals surface area contributed by atoms with Crippen molar-refractivity contribution in [3.05, 3.63) is 34.7 Å². The fourth-order valence-corrected chi connectivity index (χ4v) is 2.46. The summed E-state index contributed by atoms with van der Waals surface area (Å²) < 4.78 is 0. The normalized spacial score (nSPS) is 13.8. The molecular weight excluding hydrogens is 206 g/mol. The molecule has 1 heterocycles. The van der Waals surface area contributed by atoms with Crippen LogP contribution in [0.3, 0.4) is 0 Å². The van der Waals surface area contributed by atoms with Crippen molar-refractivity contribution >= 4 is 11.4 Å². The minimum atomic E-state index is 1.14. The second kappa shape index (κ2) is 5.90. The van der Waals surface area contributed by atoms with E-state index in [1.807, 2.05) is 0 Å². The monoisotopic (exact) mass is 228 g/mol. The summed E-state index contributed by atoms with van der Waals surface area (Å²) in [5.74, 6) is 0. The minimum absolute atomic E-state index is 1.14. The van der Waals surface area contributed by atoms with Gasteiger partial charge >= 0.3 is 0 Å². The molecule has 0 N–H and O–H groups in total. The van der Waals surface area contributed by atoms with Crippen LogP contribution in [0.15, 0.2) is 24.3 Å². The summed E-state index contributed by atoms with van der Waals surface area (Å²) in [6.07, 6.45) is 7.81. The maximum absolute atomic E-state index is 4.71. The molecule has 0 aromatic heterocycles. The molecule has 91 valence electrons. The summed E-state index contributed by atoms with van der Waals surface area (Å²) >= 11 is 0. The van der Waals surface area contributed by atoms with E-state index in [9.17, 15) is 0 Å². The Labute approximate surface area is 104 Å². The van der Waals surface area contributed by atoms with Crippen molar-refractivity contribution in [3.8, 4) is 0 Å². The van der Waals surface area contributed by atoms with Crippen LogP contribution in [-0.4, -0.2) is 0 Å². The first-order chi connectivity index (χ1) is 8.33. The molecule has 1 radical (unpaired) electrons. The Morgan fingerprint density at radius 3 is 2.41 bits per heavy atom. The highest BCUT2D eigenvalue weighted by Gasteiger charge is 2.10. The second-order valence-electron chi connectivity index (χ2n) is 4.85. The lowest BCUT2D eigenvalue weighted by Crippen LogP contribution is -2.22. The van der Waals surface area contributed by atoms with Crippen LogP contribution in [0.1, 0.15) is 52.4 Å². The Bertz CT molecular complexity index is 484. The van der Waals surface area contributed by atoms with E-state index in [2.05, 4.69) is 38.1 Å². The lowest BCUT2D eigenvalue weighted by molar-refractivity contribution is 0.636. The van der Waals surface area contributed by atoms with Crippen molar-refractivity contribution < 1.29 is 0 Å². The summed E-state index contributed by atoms with van der Waals surface area (Å²) in [6, 6.07) is 8.60. The van der Waals surface area contributed by atoms with Gasteiger partial charge in [-0.25, -0.2) is 0 Å². The zero-order valence-electron chi connectivity index (χ0n) is 11.0. The van der Waals surface area contributed by atoms with Crippen LogP contribution in [0.2, 0.25) is 0 Å². The molecule has 17 heavy (non-hydrogen) atoms. The number of unbranched alkanes of at least 4 members (excludes halogenated alkanes) is 4. The van der Waals surface area contributed by atoms with Gasteiger partial charge in [-0.1, -0.05) is 56.9 Å². The third kappa shape index (κ3) is 2.91. The Hall–Kier alpha value is -1.24. The summed E-state index contributed by atoms with van der Waals surface area (Å²) in [4.78, 5) is 0. The second-order valence-corrected chi connectivity index (χ2v) is 4.85. The zero-order chi connectivity index (χ0) is 12.1. The lowest BCUT2D eigenvalue weighted by Gasteiger charge is -2.03. The molecule has 0 saturated carbocycles. The molecule has 1 aliphatic heterocycles. The lowest BCUT2D eigenvalue weighted by atomic mass is 10.1. The third-order valence-electron chi connectivity index (χ3n) is 3.45. The Balaban J connectivity index is 1.99. The molecule has 0 bridgehead atoms. The molecule has 1 aliphatic rings. The SMILES string of the molecule is CCCCCCCC1=c2ccccc2=C(C)[N]1. The van der Waals surface area contributed by atoms with Crippen LogP contribution in [0.4, 0.5) is 0 Å². The molecule has 1 nitrogen and oxygen atoms in total. The van der Waals surface area contributed by atoms with Gasteiger partial charge in [0.25, 0.3) is 0 Å². The van der Waals surface area contributed by atoms with Gasteiger partial charge in [0.1, 0.15) is 0 Å². The molecule has 0 saturated heterocycles. The van der Waals surface area contributed by atoms with Crippen molar-refractivity contribution in [1.29, 1.82) is 0 Å². The van der Waals surface area contributed by atoms with Crippen LogP contribution in [0.5, 0.6) is 0 Å².